The number of aromatic nitrogens is 1. The van der Waals surface area contributed by atoms with E-state index in [1.807, 2.05) is 19.2 Å². The summed E-state index contributed by atoms with van der Waals surface area (Å²) < 4.78 is 5.06. The van der Waals surface area contributed by atoms with Crippen molar-refractivity contribution in [3.63, 3.8) is 0 Å². The lowest BCUT2D eigenvalue weighted by atomic mass is 10.2. The van der Waals surface area contributed by atoms with E-state index < -0.39 is 0 Å². The zero-order valence-electron chi connectivity index (χ0n) is 15.0. The van der Waals surface area contributed by atoms with E-state index in [-0.39, 0.29) is 30.1 Å². The first-order valence-electron chi connectivity index (χ1n) is 8.58. The molecule has 0 unspecified atom stereocenters. The molecule has 1 aromatic heterocycles. The van der Waals surface area contributed by atoms with Crippen molar-refractivity contribution in [3.8, 4) is 0 Å². The minimum absolute atomic E-state index is 0. The molecule has 0 aromatic carbocycles. The summed E-state index contributed by atoms with van der Waals surface area (Å²) in [6.07, 6.45) is 4.29. The standard InChI is InChI=1S/C17H27N5O2.HI/c1-3-19-16(20-9-7-15-6-5-8-18-14-15)21-10-12-22(13-11-21)17(23)24-4-2;/h5-6,8,14H,3-4,7,9-13H2,1-2H3,(H,19,20);1H. The van der Waals surface area contributed by atoms with Crippen LogP contribution in [0.2, 0.25) is 0 Å². The minimum atomic E-state index is -0.226. The number of nitrogens with one attached hydrogen (secondary N) is 1. The van der Waals surface area contributed by atoms with E-state index >= 15 is 0 Å². The summed E-state index contributed by atoms with van der Waals surface area (Å²) >= 11 is 0. The molecule has 7 nitrogen and oxygen atoms in total. The van der Waals surface area contributed by atoms with E-state index in [1.54, 1.807) is 11.1 Å². The van der Waals surface area contributed by atoms with Gasteiger partial charge in [0.05, 0.1) is 6.61 Å². The van der Waals surface area contributed by atoms with Crippen LogP contribution in [-0.2, 0) is 11.2 Å². The molecule has 0 saturated carbocycles. The number of guanidine groups is 1. The monoisotopic (exact) mass is 461 g/mol. The van der Waals surface area contributed by atoms with Gasteiger partial charge in [0.25, 0.3) is 0 Å². The van der Waals surface area contributed by atoms with Crippen molar-refractivity contribution >= 4 is 36.0 Å². The van der Waals surface area contributed by atoms with Crippen LogP contribution in [0.4, 0.5) is 4.79 Å². The van der Waals surface area contributed by atoms with Crippen molar-refractivity contribution in [2.45, 2.75) is 20.3 Å². The predicted molar refractivity (Wildman–Crippen MR) is 110 cm³/mol. The fourth-order valence-electron chi connectivity index (χ4n) is 2.58. The van der Waals surface area contributed by atoms with E-state index in [9.17, 15) is 4.79 Å². The Hall–Kier alpha value is -1.58. The number of nitrogens with zero attached hydrogens (tertiary/aromatic N) is 4. The van der Waals surface area contributed by atoms with Crippen molar-refractivity contribution < 1.29 is 9.53 Å². The second-order valence-corrected chi connectivity index (χ2v) is 5.52. The molecular weight excluding hydrogens is 433 g/mol. The van der Waals surface area contributed by atoms with Gasteiger partial charge >= 0.3 is 6.09 Å². The molecule has 0 radical (unpaired) electrons. The largest absolute Gasteiger partial charge is 0.450 e. The summed E-state index contributed by atoms with van der Waals surface area (Å²) in [7, 11) is 0. The number of pyridine rings is 1. The maximum Gasteiger partial charge on any atom is 0.409 e. The quantitative estimate of drug-likeness (QED) is 0.413. The molecule has 2 rings (SSSR count). The highest BCUT2D eigenvalue weighted by molar-refractivity contribution is 14.0. The van der Waals surface area contributed by atoms with Gasteiger partial charge in [0.1, 0.15) is 0 Å². The van der Waals surface area contributed by atoms with Crippen LogP contribution in [0.25, 0.3) is 0 Å². The molecule has 1 N–H and O–H groups in total. The first kappa shape index (κ1) is 21.5. The van der Waals surface area contributed by atoms with Crippen LogP contribution < -0.4 is 5.32 Å². The number of halogens is 1. The molecule has 25 heavy (non-hydrogen) atoms. The number of carbonyl (C=O) groups is 1. The van der Waals surface area contributed by atoms with E-state index in [2.05, 4.69) is 28.2 Å². The third kappa shape index (κ3) is 7.05. The van der Waals surface area contributed by atoms with Crippen molar-refractivity contribution in [1.82, 2.24) is 20.1 Å². The third-order valence-corrected chi connectivity index (χ3v) is 3.82. The number of rotatable bonds is 5. The summed E-state index contributed by atoms with van der Waals surface area (Å²) in [4.78, 5) is 24.5. The smallest absolute Gasteiger partial charge is 0.409 e. The van der Waals surface area contributed by atoms with Gasteiger partial charge < -0.3 is 19.9 Å². The average molecular weight is 461 g/mol. The number of amides is 1. The molecule has 0 spiro atoms. The van der Waals surface area contributed by atoms with Crippen molar-refractivity contribution in [2.75, 3.05) is 45.9 Å². The van der Waals surface area contributed by atoms with E-state index in [0.29, 0.717) is 26.2 Å². The molecule has 1 fully saturated rings. The molecular formula is C17H28IN5O2. The molecule has 1 amide bonds. The molecule has 0 aliphatic carbocycles. The Morgan fingerprint density at radius 3 is 2.60 bits per heavy atom. The van der Waals surface area contributed by atoms with Crippen molar-refractivity contribution in [1.29, 1.82) is 0 Å². The highest BCUT2D eigenvalue weighted by Crippen LogP contribution is 2.05. The number of piperazine rings is 1. The number of hydrogen-bond acceptors (Lipinski definition) is 4. The SMILES string of the molecule is CCNC(=NCCc1cccnc1)N1CCN(C(=O)OCC)CC1.I. The molecule has 2 heterocycles. The Kier molecular flexibility index (Phi) is 10.2. The average Bonchev–Trinajstić information content (AvgIpc) is 2.62. The predicted octanol–water partition coefficient (Wildman–Crippen LogP) is 1.98. The van der Waals surface area contributed by atoms with Gasteiger partial charge in [0.2, 0.25) is 0 Å². The Morgan fingerprint density at radius 2 is 2.00 bits per heavy atom. The van der Waals surface area contributed by atoms with Crippen LogP contribution in [0.3, 0.4) is 0 Å². The molecule has 8 heteroatoms. The Morgan fingerprint density at radius 1 is 1.28 bits per heavy atom. The summed E-state index contributed by atoms with van der Waals surface area (Å²) in [5.74, 6) is 0.907. The summed E-state index contributed by atoms with van der Waals surface area (Å²) in [5, 5.41) is 3.33. The Bertz CT molecular complexity index is 533. The highest BCUT2D eigenvalue weighted by Gasteiger charge is 2.23. The van der Waals surface area contributed by atoms with Gasteiger partial charge in [-0.3, -0.25) is 9.98 Å². The maximum atomic E-state index is 11.8. The Labute approximate surface area is 166 Å². The molecule has 1 aromatic rings. The van der Waals surface area contributed by atoms with Crippen molar-refractivity contribution in [3.05, 3.63) is 30.1 Å². The molecule has 1 aliphatic rings. The lowest BCUT2D eigenvalue weighted by Crippen LogP contribution is -2.54. The number of ether oxygens (including phenoxy) is 1. The third-order valence-electron chi connectivity index (χ3n) is 3.82. The number of carbonyl (C=O) groups excluding carboxylic acids is 1. The van der Waals surface area contributed by atoms with Crippen LogP contribution in [0, 0.1) is 0 Å². The van der Waals surface area contributed by atoms with Crippen LogP contribution >= 0.6 is 24.0 Å². The zero-order valence-corrected chi connectivity index (χ0v) is 17.3. The lowest BCUT2D eigenvalue weighted by Gasteiger charge is -2.35. The van der Waals surface area contributed by atoms with Crippen LogP contribution in [0.5, 0.6) is 0 Å². The summed E-state index contributed by atoms with van der Waals surface area (Å²) in [6.45, 7) is 8.68. The van der Waals surface area contributed by atoms with Gasteiger partial charge in [-0.15, -0.1) is 24.0 Å². The normalized spacial score (nSPS) is 14.7. The second-order valence-electron chi connectivity index (χ2n) is 5.52. The minimum Gasteiger partial charge on any atom is -0.450 e. The van der Waals surface area contributed by atoms with Gasteiger partial charge in [-0.2, -0.15) is 0 Å². The van der Waals surface area contributed by atoms with E-state index in [1.165, 1.54) is 5.56 Å². The first-order chi connectivity index (χ1) is 11.7. The molecule has 0 bridgehead atoms. The van der Waals surface area contributed by atoms with Gasteiger partial charge in [0.15, 0.2) is 5.96 Å². The molecule has 0 atom stereocenters. The Balaban J connectivity index is 0.00000312. The van der Waals surface area contributed by atoms with E-state index in [0.717, 1.165) is 32.0 Å². The van der Waals surface area contributed by atoms with Crippen molar-refractivity contribution in [2.24, 2.45) is 4.99 Å². The van der Waals surface area contributed by atoms with Gasteiger partial charge in [-0.25, -0.2) is 4.79 Å². The fraction of sp³-hybridized carbons (Fsp3) is 0.588. The number of hydrogen-bond donors (Lipinski definition) is 1. The molecule has 1 saturated heterocycles. The molecule has 140 valence electrons. The number of aliphatic imine (C=N–C) groups is 1. The fourth-order valence-corrected chi connectivity index (χ4v) is 2.58. The molecule has 1 aliphatic heterocycles. The first-order valence-corrected chi connectivity index (χ1v) is 8.58. The summed E-state index contributed by atoms with van der Waals surface area (Å²) in [5.41, 5.74) is 1.18. The van der Waals surface area contributed by atoms with Gasteiger partial charge in [0, 0.05) is 51.7 Å². The van der Waals surface area contributed by atoms with Crippen LogP contribution in [0.1, 0.15) is 19.4 Å². The van der Waals surface area contributed by atoms with Gasteiger partial charge in [-0.05, 0) is 31.9 Å². The second kappa shape index (κ2) is 11.9. The topological polar surface area (TPSA) is 70.1 Å². The van der Waals surface area contributed by atoms with Crippen LogP contribution in [0.15, 0.2) is 29.5 Å². The van der Waals surface area contributed by atoms with Gasteiger partial charge in [-0.1, -0.05) is 6.07 Å². The maximum absolute atomic E-state index is 11.8. The zero-order chi connectivity index (χ0) is 17.2. The summed E-state index contributed by atoms with van der Waals surface area (Å²) in [6, 6.07) is 4.01. The lowest BCUT2D eigenvalue weighted by molar-refractivity contribution is 0.0914. The van der Waals surface area contributed by atoms with E-state index in [4.69, 9.17) is 9.73 Å². The highest BCUT2D eigenvalue weighted by atomic mass is 127. The van der Waals surface area contributed by atoms with Crippen LogP contribution in [-0.4, -0.2) is 72.7 Å².